The van der Waals surface area contributed by atoms with Crippen molar-refractivity contribution in [3.05, 3.63) is 65.5 Å². The molecule has 0 fully saturated rings. The summed E-state index contributed by atoms with van der Waals surface area (Å²) in [6.45, 7) is 2.68. The lowest BCUT2D eigenvalue weighted by atomic mass is 10.1. The Morgan fingerprint density at radius 1 is 1.11 bits per heavy atom. The number of urea groups is 1. The predicted octanol–water partition coefficient (Wildman–Crippen LogP) is 2.96. The van der Waals surface area contributed by atoms with Crippen molar-refractivity contribution in [3.63, 3.8) is 0 Å². The fourth-order valence-electron chi connectivity index (χ4n) is 4.62. The van der Waals surface area contributed by atoms with E-state index in [9.17, 15) is 19.5 Å². The highest BCUT2D eigenvalue weighted by atomic mass is 16.5. The van der Waals surface area contributed by atoms with E-state index in [2.05, 4.69) is 15.3 Å². The molecule has 4 heterocycles. The Morgan fingerprint density at radius 2 is 1.92 bits per heavy atom. The van der Waals surface area contributed by atoms with Crippen molar-refractivity contribution < 1.29 is 24.2 Å². The van der Waals surface area contributed by atoms with Gasteiger partial charge in [-0.15, -0.1) is 0 Å². The van der Waals surface area contributed by atoms with Gasteiger partial charge in [0.15, 0.2) is 5.82 Å². The number of aromatic nitrogens is 2. The van der Waals surface area contributed by atoms with Crippen LogP contribution in [-0.2, 0) is 17.8 Å². The molecule has 3 aromatic rings. The van der Waals surface area contributed by atoms with Gasteiger partial charge in [-0.05, 0) is 42.8 Å². The molecule has 3 amide bonds. The summed E-state index contributed by atoms with van der Waals surface area (Å²) in [7, 11) is 1.73. The van der Waals surface area contributed by atoms with Crippen LogP contribution >= 0.6 is 0 Å². The molecular weight excluding hydrogens is 476 g/mol. The van der Waals surface area contributed by atoms with Gasteiger partial charge in [-0.25, -0.2) is 14.8 Å². The Morgan fingerprint density at radius 3 is 2.70 bits per heavy atom. The minimum Gasteiger partial charge on any atom is -0.493 e. The van der Waals surface area contributed by atoms with Crippen LogP contribution in [0.5, 0.6) is 5.75 Å². The summed E-state index contributed by atoms with van der Waals surface area (Å²) in [6, 6.07) is 10.3. The first-order valence-electron chi connectivity index (χ1n) is 11.9. The normalized spacial score (nSPS) is 14.4. The van der Waals surface area contributed by atoms with Gasteiger partial charge in [0.25, 0.3) is 5.91 Å². The largest absolute Gasteiger partial charge is 0.493 e. The molecule has 1 aromatic carbocycles. The molecule has 0 spiro atoms. The van der Waals surface area contributed by atoms with Crippen molar-refractivity contribution in [2.45, 2.75) is 19.9 Å². The number of pyridine rings is 2. The number of fused-ring (bicyclic) bond motifs is 3. The number of nitrogens with zero attached hydrogens (tertiary/aromatic N) is 5. The van der Waals surface area contributed by atoms with E-state index in [1.54, 1.807) is 48.6 Å². The number of amides is 3. The number of carboxylic acid groups (broad SMARTS) is 1. The Hall–Kier alpha value is -4.67. The number of carbonyl (C=O) groups excluding carboxylic acids is 2. The van der Waals surface area contributed by atoms with E-state index < -0.39 is 18.5 Å². The van der Waals surface area contributed by atoms with E-state index in [0.717, 1.165) is 11.3 Å². The molecule has 0 bridgehead atoms. The van der Waals surface area contributed by atoms with Gasteiger partial charge in [-0.1, -0.05) is 6.07 Å². The van der Waals surface area contributed by atoms with Gasteiger partial charge < -0.3 is 25.0 Å². The summed E-state index contributed by atoms with van der Waals surface area (Å²) in [5, 5.41) is 11.9. The Bertz CT molecular complexity index is 1390. The molecule has 190 valence electrons. The van der Waals surface area contributed by atoms with Crippen LogP contribution in [0.15, 0.2) is 48.8 Å². The zero-order chi connectivity index (χ0) is 26.1. The molecular formula is C26H26N6O5. The van der Waals surface area contributed by atoms with Crippen LogP contribution in [0.1, 0.15) is 28.4 Å². The lowest BCUT2D eigenvalue weighted by Gasteiger charge is -2.29. The Labute approximate surface area is 213 Å². The monoisotopic (exact) mass is 502 g/mol. The molecule has 0 aliphatic carbocycles. The smallest absolute Gasteiger partial charge is 0.323 e. The molecule has 2 aliphatic heterocycles. The molecule has 2 aromatic heterocycles. The number of hydrogen-bond acceptors (Lipinski definition) is 7. The van der Waals surface area contributed by atoms with E-state index in [1.807, 2.05) is 24.0 Å². The minimum atomic E-state index is -1.11. The van der Waals surface area contributed by atoms with Crippen molar-refractivity contribution in [2.24, 2.45) is 0 Å². The molecule has 0 saturated carbocycles. The molecule has 2 N–H and O–H groups in total. The van der Waals surface area contributed by atoms with Gasteiger partial charge in [0.2, 0.25) is 0 Å². The van der Waals surface area contributed by atoms with Gasteiger partial charge in [0.1, 0.15) is 18.1 Å². The van der Waals surface area contributed by atoms with Crippen LogP contribution in [0.3, 0.4) is 0 Å². The maximum absolute atomic E-state index is 13.3. The minimum absolute atomic E-state index is 0.165. The van der Waals surface area contributed by atoms with Crippen molar-refractivity contribution in [3.8, 4) is 5.75 Å². The van der Waals surface area contributed by atoms with E-state index in [-0.39, 0.29) is 12.5 Å². The van der Waals surface area contributed by atoms with Crippen LogP contribution in [-0.4, -0.2) is 59.7 Å². The van der Waals surface area contributed by atoms with Crippen molar-refractivity contribution in [1.29, 1.82) is 0 Å². The second kappa shape index (κ2) is 9.76. The molecule has 2 aliphatic rings. The van der Waals surface area contributed by atoms with Crippen molar-refractivity contribution >= 4 is 40.9 Å². The molecule has 0 atom stereocenters. The van der Waals surface area contributed by atoms with E-state index in [0.29, 0.717) is 53.8 Å². The quantitative estimate of drug-likeness (QED) is 0.505. The highest BCUT2D eigenvalue weighted by molar-refractivity contribution is 6.12. The number of rotatable bonds is 7. The molecule has 0 radical (unpaired) electrons. The third-order valence-corrected chi connectivity index (χ3v) is 6.42. The summed E-state index contributed by atoms with van der Waals surface area (Å²) < 4.78 is 6.04. The van der Waals surface area contributed by atoms with Crippen LogP contribution in [0, 0.1) is 0 Å². The third-order valence-electron chi connectivity index (χ3n) is 6.42. The van der Waals surface area contributed by atoms with E-state index in [4.69, 9.17) is 4.74 Å². The van der Waals surface area contributed by atoms with E-state index in [1.165, 1.54) is 4.90 Å². The van der Waals surface area contributed by atoms with Gasteiger partial charge in [0.05, 0.1) is 30.1 Å². The summed E-state index contributed by atoms with van der Waals surface area (Å²) in [4.78, 5) is 50.5. The summed E-state index contributed by atoms with van der Waals surface area (Å²) in [5.74, 6) is 0.534. The van der Waals surface area contributed by atoms with Gasteiger partial charge >= 0.3 is 12.0 Å². The number of nitrogens with one attached hydrogen (secondary N) is 1. The maximum atomic E-state index is 13.3. The number of anilines is 4. The van der Waals surface area contributed by atoms with Gasteiger partial charge in [-0.2, -0.15) is 0 Å². The maximum Gasteiger partial charge on any atom is 0.323 e. The highest BCUT2D eigenvalue weighted by Crippen LogP contribution is 2.37. The standard InChI is InChI=1S/C26H26N6O5/c1-3-31-23-17(25(35)30(2)20-7-5-10-27-24(20)31)12-16(13-28-23)9-11-37-21-8-4-6-19-18(21)14-29-26(36)32(19)15-22(33)34/h4-8,10,12-13H,3,9,11,14-15H2,1-2H3,(H,29,36)(H,33,34). The number of carboxylic acids is 1. The van der Waals surface area contributed by atoms with Crippen molar-refractivity contribution in [1.82, 2.24) is 15.3 Å². The topological polar surface area (TPSA) is 128 Å². The van der Waals surface area contributed by atoms with Gasteiger partial charge in [0, 0.05) is 38.0 Å². The molecule has 0 unspecified atom stereocenters. The lowest BCUT2D eigenvalue weighted by Crippen LogP contribution is -2.46. The van der Waals surface area contributed by atoms with Crippen molar-refractivity contribution in [2.75, 3.05) is 41.4 Å². The second-order valence-electron chi connectivity index (χ2n) is 8.66. The van der Waals surface area contributed by atoms with Crippen LogP contribution in [0.2, 0.25) is 0 Å². The Kier molecular flexibility index (Phi) is 6.34. The number of benzene rings is 1. The predicted molar refractivity (Wildman–Crippen MR) is 137 cm³/mol. The number of carbonyl (C=O) groups is 3. The first kappa shape index (κ1) is 24.0. The molecule has 11 nitrogen and oxygen atoms in total. The SMILES string of the molecule is CCN1c2ncc(CCOc3cccc4c3CNC(=O)N4CC(=O)O)cc2C(=O)N(C)c2cccnc21. The Balaban J connectivity index is 1.36. The molecule has 5 rings (SSSR count). The fourth-order valence-corrected chi connectivity index (χ4v) is 4.62. The first-order valence-corrected chi connectivity index (χ1v) is 11.9. The van der Waals surface area contributed by atoms with Crippen LogP contribution in [0.4, 0.5) is 27.8 Å². The fraction of sp³-hybridized carbons (Fsp3) is 0.269. The summed E-state index contributed by atoms with van der Waals surface area (Å²) >= 11 is 0. The number of ether oxygens (including phenoxy) is 1. The summed E-state index contributed by atoms with van der Waals surface area (Å²) in [6.07, 6.45) is 3.93. The molecule has 37 heavy (non-hydrogen) atoms. The summed E-state index contributed by atoms with van der Waals surface area (Å²) in [5.41, 5.74) is 3.26. The first-order chi connectivity index (χ1) is 17.9. The van der Waals surface area contributed by atoms with E-state index >= 15 is 0 Å². The second-order valence-corrected chi connectivity index (χ2v) is 8.66. The highest BCUT2D eigenvalue weighted by Gasteiger charge is 2.31. The number of aliphatic carboxylic acids is 1. The van der Waals surface area contributed by atoms with Gasteiger partial charge in [-0.3, -0.25) is 14.5 Å². The average molecular weight is 503 g/mol. The average Bonchev–Trinajstić information content (AvgIpc) is 2.98. The number of hydrogen-bond donors (Lipinski definition) is 2. The van der Waals surface area contributed by atoms with Crippen LogP contribution < -0.4 is 24.8 Å². The molecule has 11 heteroatoms. The molecule has 0 saturated heterocycles. The lowest BCUT2D eigenvalue weighted by molar-refractivity contribution is -0.135. The van der Waals surface area contributed by atoms with Crippen LogP contribution in [0.25, 0.3) is 0 Å². The third kappa shape index (κ3) is 4.39. The zero-order valence-electron chi connectivity index (χ0n) is 20.5. The zero-order valence-corrected chi connectivity index (χ0v) is 20.5.